The van der Waals surface area contributed by atoms with E-state index in [-0.39, 0.29) is 38.7 Å². The van der Waals surface area contributed by atoms with Crippen molar-refractivity contribution >= 4 is 99.1 Å². The van der Waals surface area contributed by atoms with Gasteiger partial charge < -0.3 is 0 Å². The van der Waals surface area contributed by atoms with Crippen LogP contribution < -0.4 is 27.3 Å². The highest BCUT2D eigenvalue weighted by Crippen LogP contribution is 2.35. The summed E-state index contributed by atoms with van der Waals surface area (Å²) in [7, 11) is 31.9. The molecule has 7 aromatic carbocycles. The topological polar surface area (TPSA) is 69.4 Å². The van der Waals surface area contributed by atoms with E-state index in [1.54, 1.807) is 4.80 Å². The van der Waals surface area contributed by atoms with Gasteiger partial charge in [-0.25, -0.2) is 15.0 Å². The number of fused-ring (bicyclic) bond motifs is 5. The lowest BCUT2D eigenvalue weighted by molar-refractivity contribution is 0.766. The SMILES string of the molecule is [B]c1c([B])c([B])c(-c2nc(-c3ccc4ccc5ccc6nn(-c7ccccc7)nc6c5c4c3)nc(-c3ccccc3-c3ccccc3)n2)c([B])c1[B]. The van der Waals surface area contributed by atoms with E-state index in [4.69, 9.17) is 64.4 Å². The van der Waals surface area contributed by atoms with Crippen LogP contribution in [-0.2, 0) is 0 Å². The zero-order valence-electron chi connectivity index (χ0n) is 27.7. The van der Waals surface area contributed by atoms with E-state index in [1.807, 2.05) is 103 Å². The van der Waals surface area contributed by atoms with E-state index < -0.39 is 0 Å². The average Bonchev–Trinajstić information content (AvgIpc) is 3.64. The highest BCUT2D eigenvalue weighted by Gasteiger charge is 2.20. The van der Waals surface area contributed by atoms with Gasteiger partial charge in [-0.1, -0.05) is 114 Å². The van der Waals surface area contributed by atoms with E-state index in [1.165, 1.54) is 0 Å². The minimum atomic E-state index is 0.111. The summed E-state index contributed by atoms with van der Waals surface area (Å²) in [6, 6.07) is 42.2. The first-order chi connectivity index (χ1) is 25.4. The molecule has 10 radical (unpaired) electrons. The van der Waals surface area contributed by atoms with E-state index >= 15 is 0 Å². The molecule has 52 heavy (non-hydrogen) atoms. The van der Waals surface area contributed by atoms with Gasteiger partial charge in [0.15, 0.2) is 17.5 Å². The number of para-hydroxylation sites is 1. The van der Waals surface area contributed by atoms with Gasteiger partial charge in [0.1, 0.15) is 50.3 Å². The van der Waals surface area contributed by atoms with Crippen LogP contribution in [0.2, 0.25) is 0 Å². The van der Waals surface area contributed by atoms with Gasteiger partial charge in [0, 0.05) is 22.1 Å². The second-order valence-corrected chi connectivity index (χ2v) is 12.5. The summed E-state index contributed by atoms with van der Waals surface area (Å²) < 4.78 is 0. The molecular formula is C41H21B5N6. The van der Waals surface area contributed by atoms with Crippen LogP contribution in [0.5, 0.6) is 0 Å². The quantitative estimate of drug-likeness (QED) is 0.211. The van der Waals surface area contributed by atoms with Crippen LogP contribution in [0, 0.1) is 0 Å². The van der Waals surface area contributed by atoms with Crippen molar-refractivity contribution in [2.24, 2.45) is 0 Å². The summed E-state index contributed by atoms with van der Waals surface area (Å²) in [5, 5.41) is 13.7. The Morgan fingerprint density at radius 3 is 1.77 bits per heavy atom. The number of rotatable bonds is 5. The summed E-state index contributed by atoms with van der Waals surface area (Å²) in [5.41, 5.74) is 6.80. The molecule has 0 saturated heterocycles. The Labute approximate surface area is 306 Å². The van der Waals surface area contributed by atoms with Crippen molar-refractivity contribution < 1.29 is 0 Å². The zero-order chi connectivity index (χ0) is 35.5. The van der Waals surface area contributed by atoms with Crippen molar-refractivity contribution in [1.29, 1.82) is 0 Å². The van der Waals surface area contributed by atoms with Gasteiger partial charge in [0.05, 0.1) is 5.69 Å². The first-order valence-electron chi connectivity index (χ1n) is 16.6. The van der Waals surface area contributed by atoms with Crippen molar-refractivity contribution in [1.82, 2.24) is 29.9 Å². The predicted molar refractivity (Wildman–Crippen MR) is 216 cm³/mol. The second-order valence-electron chi connectivity index (χ2n) is 12.5. The highest BCUT2D eigenvalue weighted by molar-refractivity contribution is 6.68. The fourth-order valence-electron chi connectivity index (χ4n) is 6.71. The molecule has 0 fully saturated rings. The Morgan fingerprint density at radius 2 is 1.02 bits per heavy atom. The van der Waals surface area contributed by atoms with Crippen molar-refractivity contribution in [2.45, 2.75) is 0 Å². The monoisotopic (exact) mass is 652 g/mol. The Morgan fingerprint density at radius 1 is 0.442 bits per heavy atom. The van der Waals surface area contributed by atoms with E-state index in [0.29, 0.717) is 11.6 Å². The molecule has 0 bridgehead atoms. The molecule has 9 aromatic rings. The first-order valence-corrected chi connectivity index (χ1v) is 16.6. The lowest BCUT2D eigenvalue weighted by Gasteiger charge is -2.21. The third kappa shape index (κ3) is 5.23. The maximum absolute atomic E-state index is 6.56. The van der Waals surface area contributed by atoms with Crippen molar-refractivity contribution in [3.63, 3.8) is 0 Å². The third-order valence-corrected chi connectivity index (χ3v) is 9.41. The number of nitrogens with zero attached hydrogens (tertiary/aromatic N) is 6. The summed E-state index contributed by atoms with van der Waals surface area (Å²) in [6.07, 6.45) is 0. The highest BCUT2D eigenvalue weighted by atomic mass is 15.5. The summed E-state index contributed by atoms with van der Waals surface area (Å²) in [6.45, 7) is 0. The number of hydrogen-bond donors (Lipinski definition) is 0. The molecule has 0 aliphatic heterocycles. The number of aromatic nitrogens is 6. The Kier molecular flexibility index (Phi) is 7.65. The van der Waals surface area contributed by atoms with Gasteiger partial charge in [-0.05, 0) is 51.6 Å². The van der Waals surface area contributed by atoms with Crippen molar-refractivity contribution in [3.05, 3.63) is 127 Å². The molecule has 0 unspecified atom stereocenters. The van der Waals surface area contributed by atoms with Gasteiger partial charge in [-0.15, -0.1) is 26.6 Å². The molecule has 0 N–H and O–H groups in total. The maximum Gasteiger partial charge on any atom is 0.164 e. The van der Waals surface area contributed by atoms with Crippen molar-refractivity contribution in [3.8, 4) is 51.0 Å². The molecular weight excluding hydrogens is 631 g/mol. The minimum absolute atomic E-state index is 0.111. The fourth-order valence-corrected chi connectivity index (χ4v) is 6.71. The second kappa shape index (κ2) is 12.5. The van der Waals surface area contributed by atoms with E-state index in [2.05, 4.69) is 24.3 Å². The van der Waals surface area contributed by atoms with Crippen LogP contribution in [0.4, 0.5) is 0 Å². The zero-order valence-corrected chi connectivity index (χ0v) is 27.7. The molecule has 230 valence electrons. The van der Waals surface area contributed by atoms with Gasteiger partial charge in [0.2, 0.25) is 0 Å². The minimum Gasteiger partial charge on any atom is -0.208 e. The van der Waals surface area contributed by atoms with E-state index in [0.717, 1.165) is 60.5 Å². The Balaban J connectivity index is 1.31. The summed E-state index contributed by atoms with van der Waals surface area (Å²) >= 11 is 0. The van der Waals surface area contributed by atoms with Gasteiger partial charge in [-0.3, -0.25) is 0 Å². The predicted octanol–water partition coefficient (Wildman–Crippen LogP) is 3.55. The lowest BCUT2D eigenvalue weighted by atomic mass is 9.60. The first kappa shape index (κ1) is 31.8. The Bertz CT molecular complexity index is 2830. The smallest absolute Gasteiger partial charge is 0.164 e. The molecule has 0 atom stereocenters. The molecule has 11 heteroatoms. The van der Waals surface area contributed by atoms with Crippen LogP contribution in [0.3, 0.4) is 0 Å². The van der Waals surface area contributed by atoms with Crippen LogP contribution in [0.25, 0.3) is 83.6 Å². The van der Waals surface area contributed by atoms with Crippen LogP contribution in [-0.4, -0.2) is 69.2 Å². The number of benzene rings is 7. The lowest BCUT2D eigenvalue weighted by Crippen LogP contribution is -2.55. The normalized spacial score (nSPS) is 11.5. The molecule has 0 amide bonds. The summed E-state index contributed by atoms with van der Waals surface area (Å²) in [4.78, 5) is 16.7. The third-order valence-electron chi connectivity index (χ3n) is 9.41. The van der Waals surface area contributed by atoms with Crippen LogP contribution in [0.15, 0.2) is 127 Å². The van der Waals surface area contributed by atoms with Gasteiger partial charge in [0.25, 0.3) is 0 Å². The summed E-state index contributed by atoms with van der Waals surface area (Å²) in [5.74, 6) is 1.02. The number of hydrogen-bond acceptors (Lipinski definition) is 5. The van der Waals surface area contributed by atoms with E-state index in [9.17, 15) is 0 Å². The molecule has 2 aromatic heterocycles. The maximum atomic E-state index is 6.56. The van der Waals surface area contributed by atoms with Gasteiger partial charge in [-0.2, -0.15) is 4.80 Å². The molecule has 6 nitrogen and oxygen atoms in total. The van der Waals surface area contributed by atoms with Crippen molar-refractivity contribution in [2.75, 3.05) is 0 Å². The molecule has 9 rings (SSSR count). The Hall–Kier alpha value is -6.21. The molecule has 0 spiro atoms. The molecule has 0 saturated carbocycles. The van der Waals surface area contributed by atoms with Crippen LogP contribution >= 0.6 is 0 Å². The molecule has 2 heterocycles. The van der Waals surface area contributed by atoms with Gasteiger partial charge >= 0.3 is 0 Å². The standard InChI is InChI=1S/C41H21B5N6/c42-33-32(34(43)36(45)37(46)35(33)44)41-48-39(47-40(49-41)28-14-8-7-13-27(28)22-9-3-1-4-10-22)25-18-16-23-15-17-24-19-20-30-38(31(24)29(23)21-25)51-52(50-30)26-11-5-2-6-12-26/h1-21H. The molecule has 0 aliphatic carbocycles. The average molecular weight is 652 g/mol. The molecule has 0 aliphatic rings. The largest absolute Gasteiger partial charge is 0.208 e. The fraction of sp³-hybridized carbons (Fsp3) is 0. The van der Waals surface area contributed by atoms with Crippen LogP contribution in [0.1, 0.15) is 0 Å².